The second-order valence-electron chi connectivity index (χ2n) is 8.27. The van der Waals surface area contributed by atoms with E-state index < -0.39 is 29.3 Å². The summed E-state index contributed by atoms with van der Waals surface area (Å²) < 4.78 is 26.0. The molecule has 0 spiro atoms. The number of carboxylic acids is 1. The van der Waals surface area contributed by atoms with Crippen LogP contribution in [0, 0.1) is 5.82 Å². The molecule has 1 aromatic carbocycles. The maximum atomic E-state index is 13.7. The van der Waals surface area contributed by atoms with Gasteiger partial charge in [-0.25, -0.2) is 19.2 Å². The van der Waals surface area contributed by atoms with E-state index in [9.17, 15) is 19.1 Å². The van der Waals surface area contributed by atoms with Crippen molar-refractivity contribution >= 4 is 17.8 Å². The number of hydrogen-bond acceptors (Lipinski definition) is 8. The smallest absolute Gasteiger partial charge is 0.338 e. The first-order chi connectivity index (χ1) is 16.2. The molecule has 1 aromatic heterocycles. The highest BCUT2D eigenvalue weighted by Crippen LogP contribution is 2.39. The number of nitrogens with zero attached hydrogens (tertiary/aromatic N) is 4. The summed E-state index contributed by atoms with van der Waals surface area (Å²) in [4.78, 5) is 35.9. The van der Waals surface area contributed by atoms with Crippen LogP contribution in [-0.4, -0.2) is 76.8 Å². The number of imidazole rings is 1. The Balaban J connectivity index is 1.88. The minimum absolute atomic E-state index is 0.0334. The number of halogens is 1. The number of carbonyl (C=O) groups excluding carboxylic acids is 1. The first-order valence-electron chi connectivity index (χ1n) is 10.7. The first kappa shape index (κ1) is 23.6. The lowest BCUT2D eigenvalue weighted by molar-refractivity contribution is -0.149. The third-order valence-electron chi connectivity index (χ3n) is 6.11. The van der Waals surface area contributed by atoms with Gasteiger partial charge in [-0.3, -0.25) is 9.69 Å². The van der Waals surface area contributed by atoms with Gasteiger partial charge in [-0.15, -0.1) is 0 Å². The molecule has 10 nitrogen and oxygen atoms in total. The molecule has 1 fully saturated rings. The summed E-state index contributed by atoms with van der Waals surface area (Å²) in [6.07, 6.45) is 3.38. The maximum Gasteiger partial charge on any atom is 0.338 e. The molecular weight excluding hydrogens is 445 g/mol. The van der Waals surface area contributed by atoms with Gasteiger partial charge in [-0.2, -0.15) is 0 Å². The summed E-state index contributed by atoms with van der Waals surface area (Å²) in [7, 11) is 3.08. The third-order valence-corrected chi connectivity index (χ3v) is 6.11. The molecule has 2 aliphatic heterocycles. The Bertz CT molecular complexity index is 1160. The molecule has 3 heterocycles. The summed E-state index contributed by atoms with van der Waals surface area (Å²) in [6, 6.07) is 4.85. The van der Waals surface area contributed by atoms with E-state index in [-0.39, 0.29) is 18.7 Å². The van der Waals surface area contributed by atoms with E-state index in [0.29, 0.717) is 36.1 Å². The quantitative estimate of drug-likeness (QED) is 0.600. The van der Waals surface area contributed by atoms with Crippen molar-refractivity contribution in [2.75, 3.05) is 33.4 Å². The molecule has 11 heteroatoms. The maximum absolute atomic E-state index is 13.7. The number of aliphatic carboxylic acids is 1. The molecule has 180 valence electrons. The average molecular weight is 471 g/mol. The van der Waals surface area contributed by atoms with E-state index >= 15 is 0 Å². The van der Waals surface area contributed by atoms with Gasteiger partial charge in [-0.05, 0) is 24.6 Å². The Kier molecular flexibility index (Phi) is 6.49. The van der Waals surface area contributed by atoms with Crippen LogP contribution in [0.15, 0.2) is 52.9 Å². The van der Waals surface area contributed by atoms with Crippen LogP contribution < -0.4 is 5.32 Å². The zero-order valence-corrected chi connectivity index (χ0v) is 19.1. The van der Waals surface area contributed by atoms with Crippen molar-refractivity contribution in [1.29, 1.82) is 0 Å². The normalized spacial score (nSPS) is 23.3. The molecule has 34 heavy (non-hydrogen) atoms. The van der Waals surface area contributed by atoms with Gasteiger partial charge in [0.15, 0.2) is 11.7 Å². The van der Waals surface area contributed by atoms with Gasteiger partial charge in [0.1, 0.15) is 17.4 Å². The lowest BCUT2D eigenvalue weighted by atomic mass is 9.82. The van der Waals surface area contributed by atoms with Crippen molar-refractivity contribution in [3.8, 4) is 0 Å². The van der Waals surface area contributed by atoms with Crippen LogP contribution in [-0.2, 0) is 31.6 Å². The fourth-order valence-electron chi connectivity index (χ4n) is 4.29. The number of nitrogens with one attached hydrogen (secondary N) is 1. The number of methoxy groups -OCH3 is 1. The topological polar surface area (TPSA) is 118 Å². The number of esters is 1. The number of aryl methyl sites for hydroxylation is 1. The highest BCUT2D eigenvalue weighted by molar-refractivity contribution is 6.02. The van der Waals surface area contributed by atoms with Crippen molar-refractivity contribution in [2.24, 2.45) is 12.0 Å². The fourth-order valence-corrected chi connectivity index (χ4v) is 4.29. The number of carboxylic acid groups (broad SMARTS) is 1. The van der Waals surface area contributed by atoms with E-state index in [1.54, 1.807) is 40.9 Å². The van der Waals surface area contributed by atoms with Crippen LogP contribution in [0.3, 0.4) is 0 Å². The fraction of sp³-hybridized carbons (Fsp3) is 0.391. The number of carbonyl (C=O) groups is 2. The largest absolute Gasteiger partial charge is 0.480 e. The van der Waals surface area contributed by atoms with Crippen molar-refractivity contribution in [3.05, 3.63) is 65.1 Å². The highest BCUT2D eigenvalue weighted by atomic mass is 19.1. The standard InChI is InChI=1S/C23H26FN5O5/c1-23(14-4-6-15(24)7-5-14)18(22(32)33-3)16(12-29-10-11-34-13-17(29)21(30)31)26-19(27-23)20-25-8-9-28(20)2/h4-9,17H,10-13H2,1-3H3,(H,26,27)(H,30,31). The van der Waals surface area contributed by atoms with Crippen LogP contribution in [0.1, 0.15) is 18.3 Å². The minimum Gasteiger partial charge on any atom is -0.480 e. The van der Waals surface area contributed by atoms with E-state index in [1.165, 1.54) is 19.2 Å². The number of hydrogen-bond donors (Lipinski definition) is 2. The molecule has 0 amide bonds. The Labute approximate surface area is 195 Å². The summed E-state index contributed by atoms with van der Waals surface area (Å²) in [5, 5.41) is 12.9. The Morgan fingerprint density at radius 1 is 1.35 bits per heavy atom. The van der Waals surface area contributed by atoms with E-state index in [4.69, 9.17) is 14.5 Å². The SMILES string of the molecule is COC(=O)C1=C(CN2CCOCC2C(=O)O)NC(c2nccn2C)=NC1(C)c1ccc(F)cc1. The van der Waals surface area contributed by atoms with Gasteiger partial charge in [0.05, 0.1) is 25.9 Å². The number of rotatable bonds is 6. The van der Waals surface area contributed by atoms with Gasteiger partial charge in [-0.1, -0.05) is 12.1 Å². The zero-order valence-electron chi connectivity index (χ0n) is 19.1. The molecule has 2 atom stereocenters. The molecular formula is C23H26FN5O5. The van der Waals surface area contributed by atoms with Gasteiger partial charge in [0.25, 0.3) is 0 Å². The lowest BCUT2D eigenvalue weighted by Crippen LogP contribution is -2.53. The highest BCUT2D eigenvalue weighted by Gasteiger charge is 2.43. The van der Waals surface area contributed by atoms with Crippen molar-refractivity contribution in [1.82, 2.24) is 19.8 Å². The number of aliphatic imine (C=N–C) groups is 1. The Morgan fingerprint density at radius 2 is 2.09 bits per heavy atom. The Hall–Kier alpha value is -3.57. The minimum atomic E-state index is -1.26. The summed E-state index contributed by atoms with van der Waals surface area (Å²) >= 11 is 0. The molecule has 2 aromatic rings. The van der Waals surface area contributed by atoms with Gasteiger partial charge in [0.2, 0.25) is 0 Å². The number of morpholine rings is 1. The summed E-state index contributed by atoms with van der Waals surface area (Å²) in [5.74, 6) is -1.16. The molecule has 2 N–H and O–H groups in total. The van der Waals surface area contributed by atoms with Crippen LogP contribution >= 0.6 is 0 Å². The van der Waals surface area contributed by atoms with Crippen molar-refractivity contribution in [2.45, 2.75) is 18.5 Å². The number of aromatic nitrogens is 2. The number of ether oxygens (including phenoxy) is 2. The van der Waals surface area contributed by atoms with Crippen LogP contribution in [0.2, 0.25) is 0 Å². The summed E-state index contributed by atoms with van der Waals surface area (Å²) in [6.45, 7) is 2.60. The van der Waals surface area contributed by atoms with Gasteiger partial charge < -0.3 is 24.5 Å². The van der Waals surface area contributed by atoms with Crippen molar-refractivity contribution in [3.63, 3.8) is 0 Å². The molecule has 0 bridgehead atoms. The van der Waals surface area contributed by atoms with E-state index in [2.05, 4.69) is 10.3 Å². The molecule has 2 unspecified atom stereocenters. The van der Waals surface area contributed by atoms with Crippen LogP contribution in [0.4, 0.5) is 4.39 Å². The number of amidine groups is 1. The molecule has 4 rings (SSSR count). The third kappa shape index (κ3) is 4.31. The second kappa shape index (κ2) is 9.35. The molecule has 1 saturated heterocycles. The van der Waals surface area contributed by atoms with Gasteiger partial charge >= 0.3 is 11.9 Å². The lowest BCUT2D eigenvalue weighted by Gasteiger charge is -2.38. The predicted molar refractivity (Wildman–Crippen MR) is 119 cm³/mol. The Morgan fingerprint density at radius 3 is 2.71 bits per heavy atom. The molecule has 0 aliphatic carbocycles. The van der Waals surface area contributed by atoms with Crippen LogP contribution in [0.5, 0.6) is 0 Å². The van der Waals surface area contributed by atoms with E-state index in [1.807, 2.05) is 7.05 Å². The average Bonchev–Trinajstić information content (AvgIpc) is 3.25. The monoisotopic (exact) mass is 471 g/mol. The molecule has 2 aliphatic rings. The molecule has 0 radical (unpaired) electrons. The number of benzene rings is 1. The van der Waals surface area contributed by atoms with Gasteiger partial charge in [0, 0.05) is 38.2 Å². The zero-order chi connectivity index (χ0) is 24.5. The second-order valence-corrected chi connectivity index (χ2v) is 8.27. The first-order valence-corrected chi connectivity index (χ1v) is 10.7. The molecule has 0 saturated carbocycles. The van der Waals surface area contributed by atoms with Crippen molar-refractivity contribution < 1.29 is 28.6 Å². The van der Waals surface area contributed by atoms with Crippen LogP contribution in [0.25, 0.3) is 0 Å². The predicted octanol–water partition coefficient (Wildman–Crippen LogP) is 1.04. The van der Waals surface area contributed by atoms with E-state index in [0.717, 1.165) is 0 Å². The summed E-state index contributed by atoms with van der Waals surface area (Å²) in [5.41, 5.74) is -0.0555.